The SMILES string of the molecule is CC(=O)Nc1ccc(NC(=O)c2ccc(OCc3cn4cc(C)ccc4n3)cc2)cc1Cl. The summed E-state index contributed by atoms with van der Waals surface area (Å²) in [5.41, 5.74) is 4.32. The van der Waals surface area contributed by atoms with Crippen molar-refractivity contribution in [3.8, 4) is 5.75 Å². The standard InChI is InChI=1S/C24H21ClN4O3/c1-15-3-10-23-27-19(13-29(23)12-15)14-32-20-7-4-17(5-8-20)24(31)28-18-6-9-22(21(25)11-18)26-16(2)30/h3-13H,14H2,1-2H3,(H,26,30)(H,28,31). The lowest BCUT2D eigenvalue weighted by Crippen LogP contribution is -2.12. The third kappa shape index (κ3) is 5.07. The predicted molar refractivity (Wildman–Crippen MR) is 124 cm³/mol. The smallest absolute Gasteiger partial charge is 0.255 e. The number of ether oxygens (including phenoxy) is 1. The van der Waals surface area contributed by atoms with Crippen LogP contribution in [0.3, 0.4) is 0 Å². The van der Waals surface area contributed by atoms with Gasteiger partial charge in [-0.3, -0.25) is 9.59 Å². The van der Waals surface area contributed by atoms with Gasteiger partial charge in [0.2, 0.25) is 5.91 Å². The van der Waals surface area contributed by atoms with E-state index in [2.05, 4.69) is 15.6 Å². The second-order valence-electron chi connectivity index (χ2n) is 7.35. The minimum absolute atomic E-state index is 0.220. The van der Waals surface area contributed by atoms with Crippen LogP contribution in [0.1, 0.15) is 28.5 Å². The molecule has 2 amide bonds. The van der Waals surface area contributed by atoms with Crippen molar-refractivity contribution in [3.05, 3.63) is 88.8 Å². The van der Waals surface area contributed by atoms with Crippen molar-refractivity contribution in [2.24, 2.45) is 0 Å². The fourth-order valence-corrected chi connectivity index (χ4v) is 3.40. The van der Waals surface area contributed by atoms with E-state index in [1.807, 2.05) is 35.9 Å². The van der Waals surface area contributed by atoms with Crippen LogP contribution in [0.2, 0.25) is 5.02 Å². The number of carbonyl (C=O) groups is 2. The van der Waals surface area contributed by atoms with Crippen LogP contribution in [0.15, 0.2) is 67.0 Å². The van der Waals surface area contributed by atoms with Crippen molar-refractivity contribution in [1.82, 2.24) is 9.38 Å². The average molecular weight is 449 g/mol. The van der Waals surface area contributed by atoms with Crippen molar-refractivity contribution in [1.29, 1.82) is 0 Å². The van der Waals surface area contributed by atoms with Crippen LogP contribution in [0.25, 0.3) is 5.65 Å². The molecule has 0 atom stereocenters. The second kappa shape index (κ2) is 9.11. The molecule has 0 saturated heterocycles. The highest BCUT2D eigenvalue weighted by molar-refractivity contribution is 6.34. The summed E-state index contributed by atoms with van der Waals surface area (Å²) in [7, 11) is 0. The van der Waals surface area contributed by atoms with Gasteiger partial charge in [0.25, 0.3) is 5.91 Å². The Morgan fingerprint density at radius 3 is 2.53 bits per heavy atom. The van der Waals surface area contributed by atoms with E-state index in [0.717, 1.165) is 16.9 Å². The van der Waals surface area contributed by atoms with Crippen molar-refractivity contribution in [2.75, 3.05) is 10.6 Å². The zero-order chi connectivity index (χ0) is 22.7. The molecule has 0 spiro atoms. The normalized spacial score (nSPS) is 10.7. The molecule has 32 heavy (non-hydrogen) atoms. The molecule has 0 aliphatic rings. The van der Waals surface area contributed by atoms with Gasteiger partial charge in [-0.2, -0.15) is 0 Å². The van der Waals surface area contributed by atoms with Gasteiger partial charge in [0.05, 0.1) is 16.4 Å². The van der Waals surface area contributed by atoms with Crippen molar-refractivity contribution in [2.45, 2.75) is 20.5 Å². The lowest BCUT2D eigenvalue weighted by atomic mass is 10.2. The van der Waals surface area contributed by atoms with Crippen molar-refractivity contribution >= 4 is 40.4 Å². The summed E-state index contributed by atoms with van der Waals surface area (Å²) in [4.78, 5) is 28.2. The molecule has 7 nitrogen and oxygen atoms in total. The minimum Gasteiger partial charge on any atom is -0.487 e. The van der Waals surface area contributed by atoms with Crippen molar-refractivity contribution in [3.63, 3.8) is 0 Å². The summed E-state index contributed by atoms with van der Waals surface area (Å²) in [5, 5.41) is 5.75. The molecule has 4 rings (SSSR count). The van der Waals surface area contributed by atoms with Gasteiger partial charge in [0.15, 0.2) is 0 Å². The summed E-state index contributed by atoms with van der Waals surface area (Å²) in [6, 6.07) is 15.7. The van der Waals surface area contributed by atoms with Crippen LogP contribution in [-0.2, 0) is 11.4 Å². The molecule has 4 aromatic rings. The third-order valence-corrected chi connectivity index (χ3v) is 5.00. The van der Waals surface area contributed by atoms with E-state index in [-0.39, 0.29) is 11.8 Å². The number of aromatic nitrogens is 2. The van der Waals surface area contributed by atoms with E-state index >= 15 is 0 Å². The highest BCUT2D eigenvalue weighted by Crippen LogP contribution is 2.26. The number of amides is 2. The molecule has 0 saturated carbocycles. The maximum absolute atomic E-state index is 12.5. The summed E-state index contributed by atoms with van der Waals surface area (Å²) < 4.78 is 7.77. The highest BCUT2D eigenvalue weighted by atomic mass is 35.5. The van der Waals surface area contributed by atoms with Crippen LogP contribution < -0.4 is 15.4 Å². The molecule has 0 bridgehead atoms. The number of hydrogen-bond donors (Lipinski definition) is 2. The topological polar surface area (TPSA) is 84.7 Å². The first-order valence-corrected chi connectivity index (χ1v) is 10.3. The van der Waals surface area contributed by atoms with E-state index in [0.29, 0.717) is 34.3 Å². The number of pyridine rings is 1. The van der Waals surface area contributed by atoms with Crippen molar-refractivity contribution < 1.29 is 14.3 Å². The Morgan fingerprint density at radius 1 is 1.03 bits per heavy atom. The zero-order valence-corrected chi connectivity index (χ0v) is 18.3. The monoisotopic (exact) mass is 448 g/mol. The summed E-state index contributed by atoms with van der Waals surface area (Å²) >= 11 is 6.15. The van der Waals surface area contributed by atoms with Gasteiger partial charge in [-0.05, 0) is 61.0 Å². The first kappa shape index (κ1) is 21.4. The fourth-order valence-electron chi connectivity index (χ4n) is 3.17. The molecule has 0 fully saturated rings. The summed E-state index contributed by atoms with van der Waals surface area (Å²) in [6.07, 6.45) is 3.95. The number of nitrogens with zero attached hydrogens (tertiary/aromatic N) is 2. The maximum Gasteiger partial charge on any atom is 0.255 e. The van der Waals surface area contributed by atoms with Gasteiger partial charge in [-0.15, -0.1) is 0 Å². The lowest BCUT2D eigenvalue weighted by Gasteiger charge is -2.10. The van der Waals surface area contributed by atoms with Crippen LogP contribution >= 0.6 is 11.6 Å². The van der Waals surface area contributed by atoms with Gasteiger partial charge in [0.1, 0.15) is 18.0 Å². The van der Waals surface area contributed by atoms with Gasteiger partial charge in [0, 0.05) is 30.6 Å². The summed E-state index contributed by atoms with van der Waals surface area (Å²) in [5.74, 6) is 0.135. The first-order chi connectivity index (χ1) is 15.4. The molecule has 0 unspecified atom stereocenters. The molecule has 162 valence electrons. The van der Waals surface area contributed by atoms with Gasteiger partial charge < -0.3 is 19.8 Å². The molecular weight excluding hydrogens is 428 g/mol. The summed E-state index contributed by atoms with van der Waals surface area (Å²) in [6.45, 7) is 3.76. The van der Waals surface area contributed by atoms with E-state index in [1.54, 1.807) is 42.5 Å². The van der Waals surface area contributed by atoms with Crippen LogP contribution in [0, 0.1) is 6.92 Å². The fraction of sp³-hybridized carbons (Fsp3) is 0.125. The van der Waals surface area contributed by atoms with E-state index in [1.165, 1.54) is 6.92 Å². The second-order valence-corrected chi connectivity index (χ2v) is 7.75. The largest absolute Gasteiger partial charge is 0.487 e. The van der Waals surface area contributed by atoms with Gasteiger partial charge in [-0.1, -0.05) is 17.7 Å². The third-order valence-electron chi connectivity index (χ3n) is 4.69. The van der Waals surface area contributed by atoms with Crippen LogP contribution in [0.5, 0.6) is 5.75 Å². The molecule has 0 aliphatic heterocycles. The Bertz CT molecular complexity index is 1300. The van der Waals surface area contributed by atoms with E-state index < -0.39 is 0 Å². The zero-order valence-electron chi connectivity index (χ0n) is 17.6. The number of imidazole rings is 1. The maximum atomic E-state index is 12.5. The molecule has 2 aromatic carbocycles. The number of carbonyl (C=O) groups excluding carboxylic acids is 2. The number of hydrogen-bond acceptors (Lipinski definition) is 4. The number of anilines is 2. The Hall–Kier alpha value is -3.84. The number of halogens is 1. The first-order valence-electron chi connectivity index (χ1n) is 9.93. The molecule has 2 N–H and O–H groups in total. The number of nitrogens with one attached hydrogen (secondary N) is 2. The quantitative estimate of drug-likeness (QED) is 0.430. The Labute approximate surface area is 190 Å². The van der Waals surface area contributed by atoms with Crippen LogP contribution in [-0.4, -0.2) is 21.2 Å². The number of aryl methyl sites for hydroxylation is 1. The van der Waals surface area contributed by atoms with Gasteiger partial charge in [-0.25, -0.2) is 4.98 Å². The Balaban J connectivity index is 1.36. The molecule has 8 heteroatoms. The number of rotatable bonds is 6. The molecule has 2 heterocycles. The Morgan fingerprint density at radius 2 is 1.81 bits per heavy atom. The minimum atomic E-state index is -0.282. The average Bonchev–Trinajstić information content (AvgIpc) is 3.16. The molecule has 2 aromatic heterocycles. The Kier molecular flexibility index (Phi) is 6.09. The van der Waals surface area contributed by atoms with Crippen LogP contribution in [0.4, 0.5) is 11.4 Å². The number of benzene rings is 2. The lowest BCUT2D eigenvalue weighted by molar-refractivity contribution is -0.114. The van der Waals surface area contributed by atoms with Gasteiger partial charge >= 0.3 is 0 Å². The van der Waals surface area contributed by atoms with E-state index in [4.69, 9.17) is 16.3 Å². The molecule has 0 radical (unpaired) electrons. The predicted octanol–water partition coefficient (Wildman–Crippen LogP) is 5.09. The highest BCUT2D eigenvalue weighted by Gasteiger charge is 2.09. The molecular formula is C24H21ClN4O3. The van der Waals surface area contributed by atoms with E-state index in [9.17, 15) is 9.59 Å². The molecule has 0 aliphatic carbocycles. The number of fused-ring (bicyclic) bond motifs is 1.